The molecule has 2 aliphatic heterocycles. The van der Waals surface area contributed by atoms with Crippen LogP contribution in [-0.4, -0.2) is 53.2 Å². The van der Waals surface area contributed by atoms with Gasteiger partial charge in [-0.1, -0.05) is 39.0 Å². The number of likely N-dealkylation sites (tertiary alicyclic amines) is 1. The van der Waals surface area contributed by atoms with Crippen molar-refractivity contribution in [3.63, 3.8) is 0 Å². The highest BCUT2D eigenvalue weighted by molar-refractivity contribution is 6.46. The van der Waals surface area contributed by atoms with E-state index in [2.05, 4.69) is 20.8 Å². The molecular formula is C28H33NO6. The zero-order chi connectivity index (χ0) is 25.5. The van der Waals surface area contributed by atoms with Crippen LogP contribution in [0.1, 0.15) is 61.9 Å². The van der Waals surface area contributed by atoms with Crippen LogP contribution in [0, 0.1) is 6.92 Å². The topological polar surface area (TPSA) is 96.3 Å². The number of hydrogen-bond donors (Lipinski definition) is 2. The summed E-state index contributed by atoms with van der Waals surface area (Å²) in [6.45, 7) is 8.91. The van der Waals surface area contributed by atoms with Crippen molar-refractivity contribution in [3.05, 3.63) is 64.2 Å². The molecule has 2 saturated heterocycles. The maximum atomic E-state index is 13.4. The van der Waals surface area contributed by atoms with Crippen molar-refractivity contribution in [1.82, 2.24) is 4.90 Å². The van der Waals surface area contributed by atoms with Crippen LogP contribution in [0.4, 0.5) is 0 Å². The van der Waals surface area contributed by atoms with E-state index >= 15 is 0 Å². The zero-order valence-electron chi connectivity index (χ0n) is 20.9. The van der Waals surface area contributed by atoms with Crippen LogP contribution in [0.5, 0.6) is 11.5 Å². The average molecular weight is 480 g/mol. The van der Waals surface area contributed by atoms with E-state index in [9.17, 15) is 19.8 Å². The summed E-state index contributed by atoms with van der Waals surface area (Å²) in [5.41, 5.74) is 2.64. The number of ether oxygens (including phenoxy) is 2. The Balaban J connectivity index is 1.89. The highest BCUT2D eigenvalue weighted by Crippen LogP contribution is 2.43. The predicted molar refractivity (Wildman–Crippen MR) is 133 cm³/mol. The van der Waals surface area contributed by atoms with Gasteiger partial charge >= 0.3 is 0 Å². The second-order valence-electron chi connectivity index (χ2n) is 10.3. The number of amides is 1. The molecule has 7 nitrogen and oxygen atoms in total. The van der Waals surface area contributed by atoms with E-state index < -0.39 is 17.7 Å². The zero-order valence-corrected chi connectivity index (χ0v) is 20.9. The van der Waals surface area contributed by atoms with Crippen molar-refractivity contribution in [2.24, 2.45) is 0 Å². The molecule has 0 aromatic heterocycles. The van der Waals surface area contributed by atoms with Crippen molar-refractivity contribution in [1.29, 1.82) is 0 Å². The van der Waals surface area contributed by atoms with Gasteiger partial charge in [-0.2, -0.15) is 0 Å². The number of aromatic hydroxyl groups is 1. The molecule has 35 heavy (non-hydrogen) atoms. The van der Waals surface area contributed by atoms with Crippen LogP contribution < -0.4 is 4.74 Å². The van der Waals surface area contributed by atoms with E-state index in [0.717, 1.165) is 24.0 Å². The Bertz CT molecular complexity index is 1190. The molecule has 0 radical (unpaired) electrons. The SMILES string of the molecule is COc1ccc(C2/C(=C(\O)c3cc(C(C)(C)C)ccc3C)C(=O)C(=O)N2CC2CCCO2)cc1O. The Morgan fingerprint density at radius 3 is 2.51 bits per heavy atom. The Morgan fingerprint density at radius 2 is 1.91 bits per heavy atom. The van der Waals surface area contributed by atoms with E-state index in [0.29, 0.717) is 17.7 Å². The van der Waals surface area contributed by atoms with Gasteiger partial charge in [-0.3, -0.25) is 9.59 Å². The minimum absolute atomic E-state index is 0.00622. The number of phenolic OH excluding ortho intramolecular Hbond substituents is 1. The van der Waals surface area contributed by atoms with Crippen LogP contribution in [-0.2, 0) is 19.7 Å². The van der Waals surface area contributed by atoms with Gasteiger partial charge in [-0.05, 0) is 60.1 Å². The Kier molecular flexibility index (Phi) is 6.64. The molecule has 7 heteroatoms. The average Bonchev–Trinajstić information content (AvgIpc) is 3.40. The number of aliphatic hydroxyl groups excluding tert-OH is 1. The maximum absolute atomic E-state index is 13.4. The van der Waals surface area contributed by atoms with Gasteiger partial charge in [-0.25, -0.2) is 0 Å². The number of Topliss-reactive ketones (excluding diaryl/α,β-unsaturated/α-hetero) is 1. The largest absolute Gasteiger partial charge is 0.507 e. The molecule has 2 N–H and O–H groups in total. The quantitative estimate of drug-likeness (QED) is 0.369. The number of nitrogens with zero attached hydrogens (tertiary/aromatic N) is 1. The fraction of sp³-hybridized carbons (Fsp3) is 0.429. The molecule has 0 spiro atoms. The van der Waals surface area contributed by atoms with Crippen LogP contribution in [0.2, 0.25) is 0 Å². The first-order valence-electron chi connectivity index (χ1n) is 11.9. The summed E-state index contributed by atoms with van der Waals surface area (Å²) >= 11 is 0. The third-order valence-electron chi connectivity index (χ3n) is 6.84. The van der Waals surface area contributed by atoms with Gasteiger partial charge in [0.2, 0.25) is 0 Å². The van der Waals surface area contributed by atoms with Crippen molar-refractivity contribution < 1.29 is 29.3 Å². The number of phenols is 1. The number of benzene rings is 2. The number of hydrogen-bond acceptors (Lipinski definition) is 6. The first kappa shape index (κ1) is 24.8. The minimum atomic E-state index is -0.867. The predicted octanol–water partition coefficient (Wildman–Crippen LogP) is 4.61. The molecule has 2 heterocycles. The minimum Gasteiger partial charge on any atom is -0.507 e. The summed E-state index contributed by atoms with van der Waals surface area (Å²) in [6, 6.07) is 9.68. The third-order valence-corrected chi connectivity index (χ3v) is 6.84. The van der Waals surface area contributed by atoms with Gasteiger partial charge in [0.05, 0.1) is 24.8 Å². The molecule has 2 aromatic carbocycles. The standard InChI is InChI=1S/C28H33NO6/c1-16-8-10-18(28(2,3)4)14-20(16)25(31)23-24(17-9-11-22(34-5)21(30)13-17)29(27(33)26(23)32)15-19-7-6-12-35-19/h8-11,13-14,19,24,30-31H,6-7,12,15H2,1-5H3/b25-23+. The summed E-state index contributed by atoms with van der Waals surface area (Å²) in [6.07, 6.45) is 1.49. The fourth-order valence-electron chi connectivity index (χ4n) is 4.79. The normalized spacial score (nSPS) is 22.1. The summed E-state index contributed by atoms with van der Waals surface area (Å²) < 4.78 is 10.9. The lowest BCUT2D eigenvalue weighted by Crippen LogP contribution is -2.36. The highest BCUT2D eigenvalue weighted by atomic mass is 16.5. The van der Waals surface area contributed by atoms with Gasteiger partial charge < -0.3 is 24.6 Å². The monoisotopic (exact) mass is 479 g/mol. The molecule has 0 aliphatic carbocycles. The molecule has 2 atom stereocenters. The van der Waals surface area contributed by atoms with E-state index in [-0.39, 0.29) is 40.9 Å². The summed E-state index contributed by atoms with van der Waals surface area (Å²) in [4.78, 5) is 28.0. The number of rotatable bonds is 5. The van der Waals surface area contributed by atoms with E-state index in [1.165, 1.54) is 18.1 Å². The van der Waals surface area contributed by atoms with E-state index in [1.54, 1.807) is 12.1 Å². The highest BCUT2D eigenvalue weighted by Gasteiger charge is 2.47. The molecule has 2 aromatic rings. The molecule has 1 amide bonds. The molecule has 2 unspecified atom stereocenters. The number of methoxy groups -OCH3 is 1. The van der Waals surface area contributed by atoms with Crippen molar-refractivity contribution in [2.75, 3.05) is 20.3 Å². The van der Waals surface area contributed by atoms with Crippen molar-refractivity contribution in [3.8, 4) is 11.5 Å². The van der Waals surface area contributed by atoms with Crippen molar-refractivity contribution >= 4 is 17.4 Å². The fourth-order valence-corrected chi connectivity index (χ4v) is 4.79. The lowest BCUT2D eigenvalue weighted by Gasteiger charge is -2.28. The number of ketones is 1. The second kappa shape index (κ2) is 9.38. The van der Waals surface area contributed by atoms with Gasteiger partial charge in [0.1, 0.15) is 5.76 Å². The Morgan fingerprint density at radius 1 is 1.17 bits per heavy atom. The first-order chi connectivity index (χ1) is 16.5. The second-order valence-corrected chi connectivity index (χ2v) is 10.3. The van der Waals surface area contributed by atoms with Crippen LogP contribution >= 0.6 is 0 Å². The van der Waals surface area contributed by atoms with Gasteiger partial charge in [0.15, 0.2) is 11.5 Å². The summed E-state index contributed by atoms with van der Waals surface area (Å²) in [7, 11) is 1.45. The molecular weight excluding hydrogens is 446 g/mol. The number of carbonyl (C=O) groups is 2. The maximum Gasteiger partial charge on any atom is 0.295 e. The molecule has 0 saturated carbocycles. The smallest absolute Gasteiger partial charge is 0.295 e. The first-order valence-corrected chi connectivity index (χ1v) is 11.9. The summed E-state index contributed by atoms with van der Waals surface area (Å²) in [5, 5.41) is 22.0. The Labute approximate surface area is 206 Å². The van der Waals surface area contributed by atoms with Gasteiger partial charge in [-0.15, -0.1) is 0 Å². The number of aryl methyl sites for hydroxylation is 1. The lowest BCUT2D eigenvalue weighted by molar-refractivity contribution is -0.140. The third kappa shape index (κ3) is 4.65. The lowest BCUT2D eigenvalue weighted by atomic mass is 9.84. The molecule has 186 valence electrons. The molecule has 2 fully saturated rings. The van der Waals surface area contributed by atoms with Gasteiger partial charge in [0.25, 0.3) is 11.7 Å². The van der Waals surface area contributed by atoms with E-state index in [4.69, 9.17) is 9.47 Å². The van der Waals surface area contributed by atoms with Crippen LogP contribution in [0.15, 0.2) is 42.0 Å². The molecule has 2 aliphatic rings. The number of carbonyl (C=O) groups excluding carboxylic acids is 2. The van der Waals surface area contributed by atoms with Crippen LogP contribution in [0.3, 0.4) is 0 Å². The molecule has 0 bridgehead atoms. The number of aliphatic hydroxyl groups is 1. The molecule has 4 rings (SSSR count). The summed E-state index contributed by atoms with van der Waals surface area (Å²) in [5.74, 6) is -1.49. The van der Waals surface area contributed by atoms with E-state index in [1.807, 2.05) is 25.1 Å². The van der Waals surface area contributed by atoms with Gasteiger partial charge in [0, 0.05) is 18.7 Å². The Hall–Kier alpha value is -3.32. The van der Waals surface area contributed by atoms with Crippen LogP contribution in [0.25, 0.3) is 5.76 Å². The van der Waals surface area contributed by atoms with Crippen molar-refractivity contribution in [2.45, 2.75) is 58.1 Å².